The summed E-state index contributed by atoms with van der Waals surface area (Å²) in [5, 5.41) is 0. The number of carbonyl (C=O) groups is 2. The fourth-order valence-corrected chi connectivity index (χ4v) is 3.19. The summed E-state index contributed by atoms with van der Waals surface area (Å²) in [6, 6.07) is 3.11. The van der Waals surface area contributed by atoms with Gasteiger partial charge in [-0.15, -0.1) is 11.8 Å². The molecule has 2 aromatic rings. The Morgan fingerprint density at radius 2 is 1.91 bits per heavy atom. The van der Waals surface area contributed by atoms with E-state index in [-0.39, 0.29) is 22.2 Å². The van der Waals surface area contributed by atoms with Crippen LogP contribution in [0.4, 0.5) is 8.78 Å². The van der Waals surface area contributed by atoms with Crippen molar-refractivity contribution in [2.75, 3.05) is 5.75 Å². The minimum absolute atomic E-state index is 0.0431. The first-order chi connectivity index (χ1) is 10.3. The highest BCUT2D eigenvalue weighted by Gasteiger charge is 2.20. The SMILES string of the molecule is CC(=O)c1c(C)[nH]c(C(=O)CSc2cc(F)ccc2F)c1C. The molecular weight excluding hydrogens is 308 g/mol. The van der Waals surface area contributed by atoms with Crippen LogP contribution in [0.15, 0.2) is 23.1 Å². The van der Waals surface area contributed by atoms with Crippen molar-refractivity contribution >= 4 is 23.3 Å². The molecule has 116 valence electrons. The molecule has 1 N–H and O–H groups in total. The molecule has 0 saturated heterocycles. The summed E-state index contributed by atoms with van der Waals surface area (Å²) in [5.41, 5.74) is 2.07. The predicted molar refractivity (Wildman–Crippen MR) is 81.7 cm³/mol. The third-order valence-electron chi connectivity index (χ3n) is 3.32. The molecule has 0 fully saturated rings. The van der Waals surface area contributed by atoms with E-state index in [1.807, 2.05) is 0 Å². The molecule has 0 aliphatic rings. The number of hydrogen-bond donors (Lipinski definition) is 1. The molecule has 1 aromatic carbocycles. The van der Waals surface area contributed by atoms with Crippen molar-refractivity contribution < 1.29 is 18.4 Å². The summed E-state index contributed by atoms with van der Waals surface area (Å²) in [5.74, 6) is -1.54. The number of benzene rings is 1. The van der Waals surface area contributed by atoms with Crippen LogP contribution in [0.5, 0.6) is 0 Å². The maximum atomic E-state index is 13.5. The van der Waals surface area contributed by atoms with Crippen LogP contribution >= 0.6 is 11.8 Å². The van der Waals surface area contributed by atoms with Gasteiger partial charge in [0.05, 0.1) is 11.4 Å². The maximum Gasteiger partial charge on any atom is 0.189 e. The number of halogens is 2. The van der Waals surface area contributed by atoms with E-state index in [9.17, 15) is 18.4 Å². The van der Waals surface area contributed by atoms with Gasteiger partial charge in [-0.05, 0) is 44.5 Å². The fraction of sp³-hybridized carbons (Fsp3) is 0.250. The number of carbonyl (C=O) groups excluding carboxylic acids is 2. The standard InChI is InChI=1S/C16H15F2NO2S/c1-8-15(10(3)20)9(2)19-16(8)13(21)7-22-14-6-11(17)4-5-12(14)18/h4-6,19H,7H2,1-3H3. The molecule has 0 amide bonds. The average Bonchev–Trinajstić information content (AvgIpc) is 2.74. The van der Waals surface area contributed by atoms with E-state index in [2.05, 4.69) is 4.98 Å². The lowest BCUT2D eigenvalue weighted by molar-refractivity contribution is 0.101. The molecule has 0 spiro atoms. The number of ketones is 2. The normalized spacial score (nSPS) is 10.8. The highest BCUT2D eigenvalue weighted by molar-refractivity contribution is 8.00. The first kappa shape index (κ1) is 16.4. The number of aryl methyl sites for hydroxylation is 1. The van der Waals surface area contributed by atoms with Crippen molar-refractivity contribution in [2.24, 2.45) is 0 Å². The van der Waals surface area contributed by atoms with Crippen LogP contribution in [0.3, 0.4) is 0 Å². The van der Waals surface area contributed by atoms with Crippen molar-refractivity contribution in [1.82, 2.24) is 4.98 Å². The number of aromatic amines is 1. The molecule has 2 rings (SSSR count). The highest BCUT2D eigenvalue weighted by Crippen LogP contribution is 2.25. The van der Waals surface area contributed by atoms with Crippen LogP contribution < -0.4 is 0 Å². The second kappa shape index (κ2) is 6.44. The summed E-state index contributed by atoms with van der Waals surface area (Å²) >= 11 is 0.927. The smallest absolute Gasteiger partial charge is 0.189 e. The Morgan fingerprint density at radius 1 is 1.23 bits per heavy atom. The van der Waals surface area contributed by atoms with Crippen molar-refractivity contribution in [2.45, 2.75) is 25.7 Å². The van der Waals surface area contributed by atoms with Gasteiger partial charge in [-0.2, -0.15) is 0 Å². The molecule has 1 heterocycles. The van der Waals surface area contributed by atoms with Crippen LogP contribution in [0, 0.1) is 25.5 Å². The monoisotopic (exact) mass is 323 g/mol. The minimum atomic E-state index is -0.567. The third-order valence-corrected chi connectivity index (χ3v) is 4.35. The molecule has 0 radical (unpaired) electrons. The molecule has 0 aliphatic heterocycles. The molecular formula is C16H15F2NO2S. The van der Waals surface area contributed by atoms with Gasteiger partial charge in [-0.25, -0.2) is 8.78 Å². The van der Waals surface area contributed by atoms with E-state index in [1.54, 1.807) is 13.8 Å². The van der Waals surface area contributed by atoms with Gasteiger partial charge in [0.2, 0.25) is 0 Å². The number of hydrogen-bond acceptors (Lipinski definition) is 3. The number of rotatable bonds is 5. The van der Waals surface area contributed by atoms with E-state index < -0.39 is 11.6 Å². The van der Waals surface area contributed by atoms with E-state index in [1.165, 1.54) is 6.92 Å². The van der Waals surface area contributed by atoms with E-state index in [0.29, 0.717) is 22.5 Å². The lowest BCUT2D eigenvalue weighted by Crippen LogP contribution is -2.06. The zero-order valence-corrected chi connectivity index (χ0v) is 13.2. The van der Waals surface area contributed by atoms with Crippen molar-refractivity contribution in [3.63, 3.8) is 0 Å². The van der Waals surface area contributed by atoms with Crippen LogP contribution in [-0.4, -0.2) is 22.3 Å². The van der Waals surface area contributed by atoms with Crippen LogP contribution in [0.25, 0.3) is 0 Å². The Kier molecular flexibility index (Phi) is 4.81. The second-order valence-electron chi connectivity index (χ2n) is 4.97. The van der Waals surface area contributed by atoms with Gasteiger partial charge in [0, 0.05) is 16.2 Å². The fourth-order valence-electron chi connectivity index (χ4n) is 2.36. The van der Waals surface area contributed by atoms with Gasteiger partial charge in [-0.3, -0.25) is 9.59 Å². The molecule has 0 bridgehead atoms. The summed E-state index contributed by atoms with van der Waals surface area (Å²) in [6.07, 6.45) is 0. The Balaban J connectivity index is 2.18. The molecule has 0 atom stereocenters. The van der Waals surface area contributed by atoms with Gasteiger partial charge < -0.3 is 4.98 Å². The largest absolute Gasteiger partial charge is 0.355 e. The van der Waals surface area contributed by atoms with E-state index in [4.69, 9.17) is 0 Å². The maximum absolute atomic E-state index is 13.5. The molecule has 6 heteroatoms. The number of thioether (sulfide) groups is 1. The van der Waals surface area contributed by atoms with Gasteiger partial charge >= 0.3 is 0 Å². The summed E-state index contributed by atoms with van der Waals surface area (Å²) in [4.78, 5) is 26.8. The Labute approximate surface area is 131 Å². The van der Waals surface area contributed by atoms with Gasteiger partial charge in [0.25, 0.3) is 0 Å². The van der Waals surface area contributed by atoms with Crippen LogP contribution in [0.1, 0.15) is 39.0 Å². The molecule has 0 unspecified atom stereocenters. The van der Waals surface area contributed by atoms with Crippen molar-refractivity contribution in [3.05, 3.63) is 52.3 Å². The minimum Gasteiger partial charge on any atom is -0.355 e. The van der Waals surface area contributed by atoms with Crippen LogP contribution in [-0.2, 0) is 0 Å². The Hall–Kier alpha value is -1.95. The first-order valence-corrected chi connectivity index (χ1v) is 7.61. The number of nitrogens with one attached hydrogen (secondary N) is 1. The van der Waals surface area contributed by atoms with Crippen molar-refractivity contribution in [3.8, 4) is 0 Å². The summed E-state index contributed by atoms with van der Waals surface area (Å²) in [6.45, 7) is 4.86. The topological polar surface area (TPSA) is 49.9 Å². The number of Topliss-reactive ketones (excluding diaryl/α,β-unsaturated/α-hetero) is 2. The van der Waals surface area contributed by atoms with Gasteiger partial charge in [0.15, 0.2) is 11.6 Å². The molecule has 0 saturated carbocycles. The number of aromatic nitrogens is 1. The number of H-pyrrole nitrogens is 1. The van der Waals surface area contributed by atoms with Gasteiger partial charge in [-0.1, -0.05) is 0 Å². The van der Waals surface area contributed by atoms with E-state index >= 15 is 0 Å². The van der Waals surface area contributed by atoms with E-state index in [0.717, 1.165) is 30.0 Å². The molecule has 22 heavy (non-hydrogen) atoms. The zero-order chi connectivity index (χ0) is 16.4. The first-order valence-electron chi connectivity index (χ1n) is 6.62. The Bertz CT molecular complexity index is 753. The lowest BCUT2D eigenvalue weighted by atomic mass is 10.1. The van der Waals surface area contributed by atoms with Crippen LogP contribution in [0.2, 0.25) is 0 Å². The Morgan fingerprint density at radius 3 is 2.50 bits per heavy atom. The second-order valence-corrected chi connectivity index (χ2v) is 5.98. The lowest BCUT2D eigenvalue weighted by Gasteiger charge is -2.03. The zero-order valence-electron chi connectivity index (χ0n) is 12.4. The molecule has 0 aliphatic carbocycles. The van der Waals surface area contributed by atoms with Crippen molar-refractivity contribution in [1.29, 1.82) is 0 Å². The predicted octanol–water partition coefficient (Wildman–Crippen LogP) is 4.09. The van der Waals surface area contributed by atoms with Gasteiger partial charge in [0.1, 0.15) is 11.6 Å². The summed E-state index contributed by atoms with van der Waals surface area (Å²) in [7, 11) is 0. The molecule has 1 aromatic heterocycles. The third kappa shape index (κ3) is 3.27. The quantitative estimate of drug-likeness (QED) is 0.666. The molecule has 3 nitrogen and oxygen atoms in total. The average molecular weight is 323 g/mol. The summed E-state index contributed by atoms with van der Waals surface area (Å²) < 4.78 is 26.6. The highest BCUT2D eigenvalue weighted by atomic mass is 32.2.